The van der Waals surface area contributed by atoms with E-state index in [9.17, 15) is 9.59 Å². The second-order valence-electron chi connectivity index (χ2n) is 5.92. The van der Waals surface area contributed by atoms with Gasteiger partial charge in [-0.3, -0.25) is 4.79 Å². The Morgan fingerprint density at radius 2 is 1.69 bits per heavy atom. The van der Waals surface area contributed by atoms with Crippen LogP contribution in [0.2, 0.25) is 5.02 Å². The van der Waals surface area contributed by atoms with Crippen molar-refractivity contribution in [1.82, 2.24) is 0 Å². The number of carbonyl (C=O) groups is 2. The monoisotopic (exact) mass is 375 g/mol. The van der Waals surface area contributed by atoms with Crippen LogP contribution >= 0.6 is 11.6 Å². The lowest BCUT2D eigenvalue weighted by Crippen LogP contribution is -2.30. The number of anilines is 1. The van der Waals surface area contributed by atoms with Gasteiger partial charge in [0.25, 0.3) is 5.91 Å². The number of rotatable bonds is 6. The summed E-state index contributed by atoms with van der Waals surface area (Å²) in [4.78, 5) is 24.0. The van der Waals surface area contributed by atoms with Gasteiger partial charge in [0.15, 0.2) is 6.10 Å². The zero-order valence-electron chi connectivity index (χ0n) is 15.3. The van der Waals surface area contributed by atoms with E-state index in [1.807, 2.05) is 13.8 Å². The smallest absolute Gasteiger partial charge is 0.338 e. The molecule has 0 spiro atoms. The summed E-state index contributed by atoms with van der Waals surface area (Å²) in [7, 11) is 0. The van der Waals surface area contributed by atoms with Crippen molar-refractivity contribution in [2.24, 2.45) is 0 Å². The Labute approximate surface area is 158 Å². The Morgan fingerprint density at radius 1 is 1.12 bits per heavy atom. The average molecular weight is 376 g/mol. The molecule has 0 aliphatic carbocycles. The van der Waals surface area contributed by atoms with Gasteiger partial charge in [-0.15, -0.1) is 0 Å². The number of benzene rings is 2. The van der Waals surface area contributed by atoms with Gasteiger partial charge in [-0.1, -0.05) is 11.6 Å². The third-order valence-electron chi connectivity index (χ3n) is 3.76. The third kappa shape index (κ3) is 4.99. The molecule has 5 nitrogen and oxygen atoms in total. The van der Waals surface area contributed by atoms with E-state index in [0.717, 1.165) is 11.1 Å². The Hall–Kier alpha value is -2.53. The fourth-order valence-corrected chi connectivity index (χ4v) is 2.49. The van der Waals surface area contributed by atoms with Crippen LogP contribution in [0.1, 0.15) is 35.3 Å². The molecule has 0 heterocycles. The lowest BCUT2D eigenvalue weighted by molar-refractivity contribution is -0.122. The van der Waals surface area contributed by atoms with E-state index in [1.165, 1.54) is 0 Å². The molecule has 1 amide bonds. The lowest BCUT2D eigenvalue weighted by Gasteiger charge is -2.16. The number of nitrogens with one attached hydrogen (secondary N) is 1. The summed E-state index contributed by atoms with van der Waals surface area (Å²) in [6, 6.07) is 10.1. The van der Waals surface area contributed by atoms with Crippen LogP contribution in [0, 0.1) is 13.8 Å². The molecule has 2 aromatic carbocycles. The van der Waals surface area contributed by atoms with Crippen molar-refractivity contribution in [3.63, 3.8) is 0 Å². The van der Waals surface area contributed by atoms with Gasteiger partial charge in [0.2, 0.25) is 0 Å². The van der Waals surface area contributed by atoms with E-state index in [1.54, 1.807) is 50.2 Å². The largest absolute Gasteiger partial charge is 0.481 e. The Balaban J connectivity index is 1.99. The minimum atomic E-state index is -0.695. The number of halogens is 1. The zero-order valence-corrected chi connectivity index (χ0v) is 16.0. The van der Waals surface area contributed by atoms with Crippen LogP contribution in [-0.4, -0.2) is 24.6 Å². The first-order chi connectivity index (χ1) is 12.3. The third-order valence-corrected chi connectivity index (χ3v) is 4.35. The minimum absolute atomic E-state index is 0.292. The minimum Gasteiger partial charge on any atom is -0.481 e. The summed E-state index contributed by atoms with van der Waals surface area (Å²) in [6.07, 6.45) is -0.695. The zero-order chi connectivity index (χ0) is 19.3. The lowest BCUT2D eigenvalue weighted by atomic mass is 10.1. The van der Waals surface area contributed by atoms with Gasteiger partial charge in [-0.2, -0.15) is 0 Å². The second kappa shape index (κ2) is 8.72. The number of ether oxygens (including phenoxy) is 2. The summed E-state index contributed by atoms with van der Waals surface area (Å²) in [5, 5.41) is 3.45. The average Bonchev–Trinajstić information content (AvgIpc) is 2.60. The number of esters is 1. The van der Waals surface area contributed by atoms with E-state index in [0.29, 0.717) is 28.6 Å². The molecule has 0 aromatic heterocycles. The molecule has 0 saturated heterocycles. The molecule has 0 aliphatic heterocycles. The Kier molecular flexibility index (Phi) is 6.64. The van der Waals surface area contributed by atoms with Crippen molar-refractivity contribution in [2.45, 2.75) is 33.8 Å². The number of carbonyl (C=O) groups excluding carboxylic acids is 2. The maximum atomic E-state index is 12.3. The highest BCUT2D eigenvalue weighted by Crippen LogP contribution is 2.26. The highest BCUT2D eigenvalue weighted by Gasteiger charge is 2.16. The van der Waals surface area contributed by atoms with Crippen LogP contribution < -0.4 is 10.1 Å². The van der Waals surface area contributed by atoms with E-state index in [-0.39, 0.29) is 5.91 Å². The molecule has 0 radical (unpaired) electrons. The fourth-order valence-electron chi connectivity index (χ4n) is 2.38. The molecule has 1 N–H and O–H groups in total. The molecule has 26 heavy (non-hydrogen) atoms. The van der Waals surface area contributed by atoms with E-state index in [2.05, 4.69) is 5.32 Å². The first-order valence-corrected chi connectivity index (χ1v) is 8.71. The maximum Gasteiger partial charge on any atom is 0.338 e. The molecule has 6 heteroatoms. The van der Waals surface area contributed by atoms with Crippen LogP contribution in [0.4, 0.5) is 5.69 Å². The predicted octanol–water partition coefficient (Wildman–Crippen LogP) is 4.54. The van der Waals surface area contributed by atoms with E-state index >= 15 is 0 Å². The van der Waals surface area contributed by atoms with Gasteiger partial charge in [-0.25, -0.2) is 4.79 Å². The summed E-state index contributed by atoms with van der Waals surface area (Å²) < 4.78 is 10.6. The standard InChI is InChI=1S/C20H22ClNO4/c1-5-25-20(24)15-6-8-16(9-7-15)22-19(23)14(4)26-17-10-12(2)18(21)13(3)11-17/h6-11,14H,5H2,1-4H3,(H,22,23)/t14-/m1/s1. The van der Waals surface area contributed by atoms with E-state index < -0.39 is 12.1 Å². The molecule has 0 aliphatic rings. The SMILES string of the molecule is CCOC(=O)c1ccc(NC(=O)[C@@H](C)Oc2cc(C)c(Cl)c(C)c2)cc1. The molecule has 0 saturated carbocycles. The second-order valence-corrected chi connectivity index (χ2v) is 6.30. The van der Waals surface area contributed by atoms with Gasteiger partial charge < -0.3 is 14.8 Å². The maximum absolute atomic E-state index is 12.3. The molecule has 0 unspecified atom stereocenters. The van der Waals surface area contributed by atoms with Gasteiger partial charge >= 0.3 is 5.97 Å². The van der Waals surface area contributed by atoms with E-state index in [4.69, 9.17) is 21.1 Å². The first kappa shape index (κ1) is 19.8. The van der Waals surface area contributed by atoms with Crippen LogP contribution in [0.15, 0.2) is 36.4 Å². The highest BCUT2D eigenvalue weighted by molar-refractivity contribution is 6.32. The molecular formula is C20H22ClNO4. The molecule has 2 rings (SSSR count). The predicted molar refractivity (Wildman–Crippen MR) is 102 cm³/mol. The molecule has 1 atom stereocenters. The first-order valence-electron chi connectivity index (χ1n) is 8.33. The fraction of sp³-hybridized carbons (Fsp3) is 0.300. The summed E-state index contributed by atoms with van der Waals surface area (Å²) >= 11 is 6.14. The van der Waals surface area contributed by atoms with Crippen molar-refractivity contribution in [3.05, 3.63) is 58.1 Å². The van der Waals surface area contributed by atoms with Crippen molar-refractivity contribution < 1.29 is 19.1 Å². The van der Waals surface area contributed by atoms with Gasteiger partial charge in [0, 0.05) is 10.7 Å². The quantitative estimate of drug-likeness (QED) is 0.753. The Bertz CT molecular complexity index is 779. The van der Waals surface area contributed by atoms with Crippen LogP contribution in [-0.2, 0) is 9.53 Å². The topological polar surface area (TPSA) is 64.6 Å². The molecule has 2 aromatic rings. The molecular weight excluding hydrogens is 354 g/mol. The van der Waals surface area contributed by atoms with Crippen molar-refractivity contribution >= 4 is 29.2 Å². The summed E-state index contributed by atoms with van der Waals surface area (Å²) in [5.74, 6) is -0.0978. The summed E-state index contributed by atoms with van der Waals surface area (Å²) in [5.41, 5.74) is 2.79. The van der Waals surface area contributed by atoms with Crippen molar-refractivity contribution in [3.8, 4) is 5.75 Å². The molecule has 0 bridgehead atoms. The van der Waals surface area contributed by atoms with Crippen molar-refractivity contribution in [2.75, 3.05) is 11.9 Å². The van der Waals surface area contributed by atoms with Crippen LogP contribution in [0.3, 0.4) is 0 Å². The molecule has 138 valence electrons. The van der Waals surface area contributed by atoms with Crippen molar-refractivity contribution in [1.29, 1.82) is 0 Å². The van der Waals surface area contributed by atoms with Gasteiger partial charge in [-0.05, 0) is 75.2 Å². The number of amides is 1. The number of aryl methyl sites for hydroxylation is 2. The molecule has 0 fully saturated rings. The Morgan fingerprint density at radius 3 is 2.23 bits per heavy atom. The van der Waals surface area contributed by atoms with Gasteiger partial charge in [0.1, 0.15) is 5.75 Å². The van der Waals surface area contributed by atoms with Crippen LogP contribution in [0.5, 0.6) is 5.75 Å². The van der Waals surface area contributed by atoms with Gasteiger partial charge in [0.05, 0.1) is 12.2 Å². The summed E-state index contributed by atoms with van der Waals surface area (Å²) in [6.45, 7) is 7.50. The number of hydrogen-bond acceptors (Lipinski definition) is 4. The highest BCUT2D eigenvalue weighted by atomic mass is 35.5. The van der Waals surface area contributed by atoms with Crippen LogP contribution in [0.25, 0.3) is 0 Å². The number of hydrogen-bond donors (Lipinski definition) is 1. The normalized spacial score (nSPS) is 11.6.